The SMILES string of the molecule is CC(C)(C)c1cc2ccccc2c2cc(Br)sc12. The zero-order valence-corrected chi connectivity index (χ0v) is 13.2. The number of halogens is 1. The van der Waals surface area contributed by atoms with Crippen LogP contribution in [0.4, 0.5) is 0 Å². The van der Waals surface area contributed by atoms with Crippen molar-refractivity contribution in [3.63, 3.8) is 0 Å². The molecule has 0 aliphatic heterocycles. The third kappa shape index (κ3) is 1.88. The second kappa shape index (κ2) is 4.07. The van der Waals surface area contributed by atoms with E-state index >= 15 is 0 Å². The van der Waals surface area contributed by atoms with Gasteiger partial charge in [0.1, 0.15) is 0 Å². The highest BCUT2D eigenvalue weighted by Gasteiger charge is 2.20. The molecule has 0 bridgehead atoms. The quantitative estimate of drug-likeness (QED) is 0.468. The van der Waals surface area contributed by atoms with Crippen molar-refractivity contribution in [3.8, 4) is 0 Å². The lowest BCUT2D eigenvalue weighted by Crippen LogP contribution is -2.11. The molecule has 0 atom stereocenters. The molecular weight excluding hydrogens is 304 g/mol. The van der Waals surface area contributed by atoms with E-state index in [1.165, 1.54) is 30.2 Å². The van der Waals surface area contributed by atoms with Crippen LogP contribution in [0.5, 0.6) is 0 Å². The lowest BCUT2D eigenvalue weighted by atomic mass is 9.85. The molecule has 0 saturated carbocycles. The first-order chi connectivity index (χ1) is 8.47. The highest BCUT2D eigenvalue weighted by molar-refractivity contribution is 9.11. The maximum Gasteiger partial charge on any atom is 0.0711 e. The van der Waals surface area contributed by atoms with Gasteiger partial charge in [0.2, 0.25) is 0 Å². The summed E-state index contributed by atoms with van der Waals surface area (Å²) in [5, 5.41) is 4.05. The molecule has 1 heterocycles. The van der Waals surface area contributed by atoms with Gasteiger partial charge in [0.25, 0.3) is 0 Å². The molecule has 2 heteroatoms. The molecule has 0 nitrogen and oxygen atoms in total. The van der Waals surface area contributed by atoms with Gasteiger partial charge in [0.05, 0.1) is 3.79 Å². The number of fused-ring (bicyclic) bond motifs is 3. The molecule has 92 valence electrons. The van der Waals surface area contributed by atoms with Crippen LogP contribution in [-0.4, -0.2) is 0 Å². The molecule has 3 aromatic rings. The van der Waals surface area contributed by atoms with Crippen LogP contribution in [0.1, 0.15) is 26.3 Å². The Kier molecular flexibility index (Phi) is 2.76. The third-order valence-electron chi connectivity index (χ3n) is 3.31. The van der Waals surface area contributed by atoms with E-state index in [9.17, 15) is 0 Å². The largest absolute Gasteiger partial charge is 0.128 e. The Morgan fingerprint density at radius 3 is 2.44 bits per heavy atom. The van der Waals surface area contributed by atoms with E-state index in [1.54, 1.807) is 0 Å². The molecule has 0 saturated heterocycles. The number of hydrogen-bond donors (Lipinski definition) is 0. The molecule has 0 aliphatic carbocycles. The lowest BCUT2D eigenvalue weighted by Gasteiger charge is -2.21. The fourth-order valence-electron chi connectivity index (χ4n) is 2.41. The Balaban J connectivity index is 2.54. The summed E-state index contributed by atoms with van der Waals surface area (Å²) in [6.45, 7) is 6.85. The van der Waals surface area contributed by atoms with Crippen LogP contribution in [0.25, 0.3) is 20.9 Å². The molecule has 0 unspecified atom stereocenters. The summed E-state index contributed by atoms with van der Waals surface area (Å²) in [5.74, 6) is 0. The molecule has 0 fully saturated rings. The van der Waals surface area contributed by atoms with Gasteiger partial charge in [-0.1, -0.05) is 45.0 Å². The number of benzene rings is 2. The highest BCUT2D eigenvalue weighted by Crippen LogP contribution is 2.41. The van der Waals surface area contributed by atoms with Crippen molar-refractivity contribution in [3.05, 3.63) is 45.7 Å². The topological polar surface area (TPSA) is 0 Å². The van der Waals surface area contributed by atoms with E-state index in [0.717, 1.165) is 0 Å². The smallest absolute Gasteiger partial charge is 0.0711 e. The van der Waals surface area contributed by atoms with E-state index < -0.39 is 0 Å². The molecule has 3 rings (SSSR count). The minimum absolute atomic E-state index is 0.173. The van der Waals surface area contributed by atoms with Gasteiger partial charge in [0.15, 0.2) is 0 Å². The van der Waals surface area contributed by atoms with Crippen LogP contribution in [-0.2, 0) is 5.41 Å². The van der Waals surface area contributed by atoms with Crippen molar-refractivity contribution in [1.29, 1.82) is 0 Å². The van der Waals surface area contributed by atoms with Crippen LogP contribution in [0.15, 0.2) is 40.2 Å². The fraction of sp³-hybridized carbons (Fsp3) is 0.250. The van der Waals surface area contributed by atoms with E-state index in [1.807, 2.05) is 11.3 Å². The molecular formula is C16H15BrS. The summed E-state index contributed by atoms with van der Waals surface area (Å²) in [5.41, 5.74) is 1.61. The predicted octanol–water partition coefficient (Wildman–Crippen LogP) is 6.11. The van der Waals surface area contributed by atoms with Gasteiger partial charge in [-0.25, -0.2) is 0 Å². The normalized spacial score (nSPS) is 12.4. The van der Waals surface area contributed by atoms with Gasteiger partial charge < -0.3 is 0 Å². The van der Waals surface area contributed by atoms with Crippen LogP contribution in [0.2, 0.25) is 0 Å². The Bertz CT molecular complexity index is 732. The van der Waals surface area contributed by atoms with E-state index in [-0.39, 0.29) is 5.41 Å². The minimum Gasteiger partial charge on any atom is -0.128 e. The predicted molar refractivity (Wildman–Crippen MR) is 85.7 cm³/mol. The van der Waals surface area contributed by atoms with Gasteiger partial charge in [-0.2, -0.15) is 0 Å². The van der Waals surface area contributed by atoms with Crippen molar-refractivity contribution in [1.82, 2.24) is 0 Å². The zero-order valence-electron chi connectivity index (χ0n) is 10.8. The Labute approximate surface area is 120 Å². The second-order valence-corrected chi connectivity index (χ2v) is 8.12. The molecule has 0 radical (unpaired) electrons. The Morgan fingerprint density at radius 1 is 1.00 bits per heavy atom. The van der Waals surface area contributed by atoms with Gasteiger partial charge >= 0.3 is 0 Å². The number of rotatable bonds is 0. The number of hydrogen-bond acceptors (Lipinski definition) is 1. The first-order valence-corrected chi connectivity index (χ1v) is 7.69. The summed E-state index contributed by atoms with van der Waals surface area (Å²) in [6, 6.07) is 13.2. The summed E-state index contributed by atoms with van der Waals surface area (Å²) < 4.78 is 2.62. The minimum atomic E-state index is 0.173. The third-order valence-corrected chi connectivity index (χ3v) is 4.98. The van der Waals surface area contributed by atoms with Gasteiger partial charge in [0, 0.05) is 10.1 Å². The van der Waals surface area contributed by atoms with Gasteiger partial charge in [-0.15, -0.1) is 11.3 Å². The van der Waals surface area contributed by atoms with Crippen LogP contribution in [0, 0.1) is 0 Å². The van der Waals surface area contributed by atoms with Gasteiger partial charge in [-0.3, -0.25) is 0 Å². The lowest BCUT2D eigenvalue weighted by molar-refractivity contribution is 0.597. The Hall–Kier alpha value is -0.860. The average molecular weight is 319 g/mol. The van der Waals surface area contributed by atoms with Crippen molar-refractivity contribution < 1.29 is 0 Å². The van der Waals surface area contributed by atoms with Crippen molar-refractivity contribution >= 4 is 48.1 Å². The van der Waals surface area contributed by atoms with Gasteiger partial charge in [-0.05, 0) is 49.8 Å². The van der Waals surface area contributed by atoms with Crippen LogP contribution >= 0.6 is 27.3 Å². The number of thiophene rings is 1. The summed E-state index contributed by atoms with van der Waals surface area (Å²) >= 11 is 5.47. The average Bonchev–Trinajstić information content (AvgIpc) is 2.68. The van der Waals surface area contributed by atoms with Crippen molar-refractivity contribution in [2.24, 2.45) is 0 Å². The molecule has 0 amide bonds. The summed E-state index contributed by atoms with van der Waals surface area (Å²) in [7, 11) is 0. The first kappa shape index (κ1) is 12.2. The zero-order chi connectivity index (χ0) is 12.9. The van der Waals surface area contributed by atoms with Crippen LogP contribution in [0.3, 0.4) is 0 Å². The fourth-order valence-corrected chi connectivity index (χ4v) is 4.25. The maximum absolute atomic E-state index is 3.63. The van der Waals surface area contributed by atoms with Crippen molar-refractivity contribution in [2.75, 3.05) is 0 Å². The maximum atomic E-state index is 3.63. The van der Waals surface area contributed by atoms with Crippen LogP contribution < -0.4 is 0 Å². The van der Waals surface area contributed by atoms with E-state index in [4.69, 9.17) is 0 Å². The molecule has 18 heavy (non-hydrogen) atoms. The molecule has 2 aromatic carbocycles. The van der Waals surface area contributed by atoms with E-state index in [2.05, 4.69) is 73.1 Å². The summed E-state index contributed by atoms with van der Waals surface area (Å²) in [4.78, 5) is 0. The monoisotopic (exact) mass is 318 g/mol. The first-order valence-electron chi connectivity index (χ1n) is 6.08. The second-order valence-electron chi connectivity index (χ2n) is 5.69. The summed E-state index contributed by atoms with van der Waals surface area (Å²) in [6.07, 6.45) is 0. The molecule has 0 spiro atoms. The van der Waals surface area contributed by atoms with Crippen molar-refractivity contribution in [2.45, 2.75) is 26.2 Å². The van der Waals surface area contributed by atoms with E-state index in [0.29, 0.717) is 0 Å². The molecule has 1 aromatic heterocycles. The highest BCUT2D eigenvalue weighted by atomic mass is 79.9. The molecule has 0 N–H and O–H groups in total. The molecule has 0 aliphatic rings. The Morgan fingerprint density at radius 2 is 1.72 bits per heavy atom. The standard InChI is InChI=1S/C16H15BrS/c1-16(2,3)13-8-10-6-4-5-7-11(10)12-9-14(17)18-15(12)13/h4-9H,1-3H3.